The molecule has 0 amide bonds. The maximum Gasteiger partial charge on any atom is 0.308 e. The second kappa shape index (κ2) is 10.7. The molecule has 3 nitrogen and oxygen atoms in total. The van der Waals surface area contributed by atoms with Gasteiger partial charge < -0.3 is 9.84 Å². The molecule has 0 saturated carbocycles. The van der Waals surface area contributed by atoms with Crippen molar-refractivity contribution in [1.29, 1.82) is 0 Å². The second-order valence-corrected chi connectivity index (χ2v) is 2.22. The molecule has 1 N–H and O–H groups in total. The van der Waals surface area contributed by atoms with Crippen LogP contribution in [0.25, 0.3) is 0 Å². The molecule has 0 unspecified atom stereocenters. The molecule has 0 aliphatic rings. The molecule has 4 heteroatoms. The van der Waals surface area contributed by atoms with E-state index in [0.29, 0.717) is 5.75 Å². The van der Waals surface area contributed by atoms with Gasteiger partial charge in [-0.15, -0.1) is 0 Å². The standard InChI is InChI=1S/C8H8O2.C2H6O.Hg/c1-7(9)10-8-5-3-2-4-6-8;1-2-3;/h2-6H,1H3;3H,2H2,1H3;. The Hall–Kier alpha value is -0.415. The summed E-state index contributed by atoms with van der Waals surface area (Å²) in [5, 5.41) is 7.57. The first-order valence-corrected chi connectivity index (χ1v) is 4.05. The number of esters is 1. The van der Waals surface area contributed by atoms with Crippen molar-refractivity contribution in [3.63, 3.8) is 0 Å². The van der Waals surface area contributed by atoms with Crippen LogP contribution in [0, 0.1) is 0 Å². The number of ether oxygens (including phenoxy) is 1. The first-order chi connectivity index (χ1) is 6.20. The predicted octanol–water partition coefficient (Wildman–Crippen LogP) is 1.61. The summed E-state index contributed by atoms with van der Waals surface area (Å²) in [6, 6.07) is 8.98. The maximum absolute atomic E-state index is 10.4. The van der Waals surface area contributed by atoms with Gasteiger partial charge in [-0.3, -0.25) is 4.79 Å². The molecule has 0 aliphatic heterocycles. The molecule has 0 atom stereocenters. The van der Waals surface area contributed by atoms with Crippen LogP contribution in [0.2, 0.25) is 0 Å². The average molecular weight is 383 g/mol. The smallest absolute Gasteiger partial charge is 0.308 e. The number of carbonyl (C=O) groups excluding carboxylic acids is 1. The van der Waals surface area contributed by atoms with Gasteiger partial charge in [0.25, 0.3) is 0 Å². The summed E-state index contributed by atoms with van der Waals surface area (Å²) in [5.74, 6) is 0.307. The van der Waals surface area contributed by atoms with Crippen molar-refractivity contribution in [2.45, 2.75) is 13.8 Å². The summed E-state index contributed by atoms with van der Waals surface area (Å²) in [6.07, 6.45) is 0. The summed E-state index contributed by atoms with van der Waals surface area (Å²) in [5.41, 5.74) is 0. The normalized spacial score (nSPS) is 7.64. The fraction of sp³-hybridized carbons (Fsp3) is 0.300. The Morgan fingerprint density at radius 1 is 1.36 bits per heavy atom. The van der Waals surface area contributed by atoms with Crippen molar-refractivity contribution in [3.05, 3.63) is 30.3 Å². The zero-order valence-electron chi connectivity index (χ0n) is 8.56. The molecule has 0 bridgehead atoms. The van der Waals surface area contributed by atoms with Crippen LogP contribution in [-0.4, -0.2) is 17.7 Å². The third kappa shape index (κ3) is 9.67. The van der Waals surface area contributed by atoms with E-state index in [1.54, 1.807) is 19.1 Å². The Labute approximate surface area is 105 Å². The Balaban J connectivity index is 0. The summed E-state index contributed by atoms with van der Waals surface area (Å²) in [4.78, 5) is 10.4. The van der Waals surface area contributed by atoms with Crippen LogP contribution in [0.5, 0.6) is 5.75 Å². The summed E-state index contributed by atoms with van der Waals surface area (Å²) < 4.78 is 4.78. The van der Waals surface area contributed by atoms with Crippen LogP contribution in [0.4, 0.5) is 0 Å². The molecule has 0 saturated heterocycles. The van der Waals surface area contributed by atoms with Gasteiger partial charge in [0, 0.05) is 41.2 Å². The van der Waals surface area contributed by atoms with Gasteiger partial charge in [0.2, 0.25) is 0 Å². The number of rotatable bonds is 1. The van der Waals surface area contributed by atoms with E-state index in [1.807, 2.05) is 18.2 Å². The number of aliphatic hydroxyl groups excluding tert-OH is 1. The summed E-state index contributed by atoms with van der Waals surface area (Å²) >= 11 is 0. The molecule has 0 aliphatic carbocycles. The summed E-state index contributed by atoms with van der Waals surface area (Å²) in [7, 11) is 0. The third-order valence-electron chi connectivity index (χ3n) is 1.00. The average Bonchev–Trinajstić information content (AvgIpc) is 2.06. The van der Waals surface area contributed by atoms with Crippen LogP contribution < -0.4 is 4.74 Å². The molecule has 74 valence electrons. The van der Waals surface area contributed by atoms with Gasteiger partial charge in [-0.05, 0) is 19.1 Å². The van der Waals surface area contributed by atoms with Crippen LogP contribution in [-0.2, 0) is 32.5 Å². The SMILES string of the molecule is CC(=O)Oc1ccccc1.CCO.[Hg]. The van der Waals surface area contributed by atoms with Crippen LogP contribution in [0.15, 0.2) is 30.3 Å². The molecule has 0 spiro atoms. The van der Waals surface area contributed by atoms with E-state index in [2.05, 4.69) is 0 Å². The van der Waals surface area contributed by atoms with Gasteiger partial charge in [-0.1, -0.05) is 18.2 Å². The maximum atomic E-state index is 10.4. The molecule has 1 rings (SSSR count). The minimum absolute atomic E-state index is 0. The first-order valence-electron chi connectivity index (χ1n) is 4.05. The topological polar surface area (TPSA) is 46.5 Å². The van der Waals surface area contributed by atoms with Crippen molar-refractivity contribution in [2.75, 3.05) is 6.61 Å². The summed E-state index contributed by atoms with van der Waals surface area (Å²) in [6.45, 7) is 3.31. The van der Waals surface area contributed by atoms with E-state index in [-0.39, 0.29) is 40.2 Å². The minimum Gasteiger partial charge on any atom is -0.427 e. The van der Waals surface area contributed by atoms with Crippen molar-refractivity contribution in [1.82, 2.24) is 0 Å². The van der Waals surface area contributed by atoms with Gasteiger partial charge in [0.1, 0.15) is 5.75 Å². The monoisotopic (exact) mass is 384 g/mol. The van der Waals surface area contributed by atoms with Gasteiger partial charge in [-0.2, -0.15) is 0 Å². The molecule has 1 aromatic rings. The number of carbonyl (C=O) groups is 1. The van der Waals surface area contributed by atoms with Gasteiger partial charge in [-0.25, -0.2) is 0 Å². The predicted molar refractivity (Wildman–Crippen MR) is 50.5 cm³/mol. The molecule has 0 heterocycles. The van der Waals surface area contributed by atoms with Crippen molar-refractivity contribution >= 4 is 5.97 Å². The number of hydrogen-bond donors (Lipinski definition) is 1. The Morgan fingerprint density at radius 3 is 2.14 bits per heavy atom. The molecule has 0 aromatic heterocycles. The Morgan fingerprint density at radius 2 is 1.79 bits per heavy atom. The third-order valence-corrected chi connectivity index (χ3v) is 1.00. The van der Waals surface area contributed by atoms with E-state index in [0.717, 1.165) is 0 Å². The molecule has 0 radical (unpaired) electrons. The number of hydrogen-bond acceptors (Lipinski definition) is 3. The number of benzene rings is 1. The molecular weight excluding hydrogens is 369 g/mol. The van der Waals surface area contributed by atoms with E-state index in [9.17, 15) is 4.79 Å². The van der Waals surface area contributed by atoms with Crippen molar-refractivity contribution in [2.24, 2.45) is 0 Å². The fourth-order valence-electron chi connectivity index (χ4n) is 0.655. The Bertz CT molecular complexity index is 236. The van der Waals surface area contributed by atoms with Crippen LogP contribution >= 0.6 is 0 Å². The molecule has 14 heavy (non-hydrogen) atoms. The van der Waals surface area contributed by atoms with Gasteiger partial charge in [0.05, 0.1) is 0 Å². The fourth-order valence-corrected chi connectivity index (χ4v) is 0.655. The Kier molecular flexibility index (Phi) is 12.2. The van der Waals surface area contributed by atoms with Crippen LogP contribution in [0.3, 0.4) is 0 Å². The van der Waals surface area contributed by atoms with E-state index in [4.69, 9.17) is 9.84 Å². The van der Waals surface area contributed by atoms with E-state index >= 15 is 0 Å². The number of para-hydroxylation sites is 1. The van der Waals surface area contributed by atoms with E-state index in [1.165, 1.54) is 6.92 Å². The molecule has 0 fully saturated rings. The minimum atomic E-state index is -0.286. The quantitative estimate of drug-likeness (QED) is 0.456. The number of aliphatic hydroxyl groups is 1. The molecular formula is C10H14HgO3. The van der Waals surface area contributed by atoms with E-state index < -0.39 is 0 Å². The zero-order valence-corrected chi connectivity index (χ0v) is 14.1. The zero-order chi connectivity index (χ0) is 10.1. The largest absolute Gasteiger partial charge is 0.427 e. The van der Waals surface area contributed by atoms with Crippen molar-refractivity contribution in [3.8, 4) is 5.75 Å². The van der Waals surface area contributed by atoms with Gasteiger partial charge in [0.15, 0.2) is 0 Å². The van der Waals surface area contributed by atoms with Gasteiger partial charge >= 0.3 is 5.97 Å². The van der Waals surface area contributed by atoms with Crippen molar-refractivity contribution < 1.29 is 42.3 Å². The molecule has 1 aromatic carbocycles. The first kappa shape index (κ1) is 16.0. The second-order valence-electron chi connectivity index (χ2n) is 2.22. The van der Waals surface area contributed by atoms with Crippen LogP contribution in [0.1, 0.15) is 13.8 Å².